The number of hydrogen-bond acceptors (Lipinski definition) is 4. The van der Waals surface area contributed by atoms with Gasteiger partial charge in [0.25, 0.3) is 5.91 Å². The number of halogens is 1. The molecule has 0 atom stereocenters. The molecule has 1 aromatic carbocycles. The van der Waals surface area contributed by atoms with Crippen LogP contribution in [0.5, 0.6) is 0 Å². The highest BCUT2D eigenvalue weighted by Crippen LogP contribution is 2.34. The van der Waals surface area contributed by atoms with Crippen LogP contribution in [0.25, 0.3) is 11.0 Å². The molecule has 1 N–H and O–H groups in total. The minimum Gasteiger partial charge on any atom is -0.381 e. The lowest BCUT2D eigenvalue weighted by molar-refractivity contribution is 0.0486. The number of nitrogens with one attached hydrogen (secondary N) is 1. The second-order valence-electron chi connectivity index (χ2n) is 6.98. The van der Waals surface area contributed by atoms with E-state index in [1.807, 2.05) is 13.1 Å². The molecule has 0 saturated carbocycles. The van der Waals surface area contributed by atoms with Crippen molar-refractivity contribution in [3.05, 3.63) is 59.7 Å². The third-order valence-corrected chi connectivity index (χ3v) is 5.34. The van der Waals surface area contributed by atoms with Crippen molar-refractivity contribution in [2.75, 3.05) is 19.8 Å². The fourth-order valence-electron chi connectivity index (χ4n) is 3.65. The lowest BCUT2D eigenvalue weighted by Gasteiger charge is -2.38. The van der Waals surface area contributed by atoms with Gasteiger partial charge in [0.15, 0.2) is 0 Å². The molecule has 0 bridgehead atoms. The minimum atomic E-state index is -0.333. The number of amides is 1. The second-order valence-corrected chi connectivity index (χ2v) is 6.98. The van der Waals surface area contributed by atoms with Crippen LogP contribution in [0.4, 0.5) is 4.39 Å². The quantitative estimate of drug-likeness (QED) is 0.769. The standard InChI is InChI=1S/C20H21FN4O2/c1-25-18-9-14(11-22-17(18)12-24-25)19(26)23-13-20(5-7-27-8-6-20)15-3-2-4-16(21)10-15/h2-4,9-12H,5-8,13H2,1H3,(H,23,26). The Labute approximate surface area is 156 Å². The molecule has 7 heteroatoms. The molecule has 140 valence electrons. The molecule has 6 nitrogen and oxygen atoms in total. The van der Waals surface area contributed by atoms with Gasteiger partial charge in [-0.2, -0.15) is 5.10 Å². The summed E-state index contributed by atoms with van der Waals surface area (Å²) in [6, 6.07) is 8.40. The summed E-state index contributed by atoms with van der Waals surface area (Å²) in [7, 11) is 1.81. The first-order valence-electron chi connectivity index (χ1n) is 8.97. The summed E-state index contributed by atoms with van der Waals surface area (Å²) < 4.78 is 21.0. The van der Waals surface area contributed by atoms with Gasteiger partial charge in [-0.3, -0.25) is 14.5 Å². The average molecular weight is 368 g/mol. The van der Waals surface area contributed by atoms with E-state index in [2.05, 4.69) is 15.4 Å². The van der Waals surface area contributed by atoms with E-state index in [0.29, 0.717) is 25.3 Å². The molecule has 4 rings (SSSR count). The van der Waals surface area contributed by atoms with Crippen molar-refractivity contribution in [1.82, 2.24) is 20.1 Å². The number of nitrogens with zero attached hydrogens (tertiary/aromatic N) is 3. The summed E-state index contributed by atoms with van der Waals surface area (Å²) in [5.74, 6) is -0.469. The van der Waals surface area contributed by atoms with Gasteiger partial charge in [-0.1, -0.05) is 12.1 Å². The fourth-order valence-corrected chi connectivity index (χ4v) is 3.65. The van der Waals surface area contributed by atoms with Crippen molar-refractivity contribution in [3.63, 3.8) is 0 Å². The molecule has 3 heterocycles. The van der Waals surface area contributed by atoms with Crippen molar-refractivity contribution >= 4 is 16.9 Å². The number of carbonyl (C=O) groups is 1. The van der Waals surface area contributed by atoms with E-state index in [9.17, 15) is 9.18 Å². The fraction of sp³-hybridized carbons (Fsp3) is 0.350. The van der Waals surface area contributed by atoms with Gasteiger partial charge in [0.2, 0.25) is 0 Å². The van der Waals surface area contributed by atoms with Gasteiger partial charge in [0.1, 0.15) is 11.3 Å². The Balaban J connectivity index is 1.56. The summed E-state index contributed by atoms with van der Waals surface area (Å²) in [6.45, 7) is 1.60. The number of benzene rings is 1. The van der Waals surface area contributed by atoms with E-state index in [1.54, 1.807) is 35.3 Å². The Morgan fingerprint density at radius 1 is 1.30 bits per heavy atom. The molecule has 27 heavy (non-hydrogen) atoms. The van der Waals surface area contributed by atoms with Crippen LogP contribution in [0.15, 0.2) is 42.7 Å². The number of aromatic nitrogens is 3. The molecule has 0 unspecified atom stereocenters. The zero-order chi connectivity index (χ0) is 18.9. The zero-order valence-electron chi connectivity index (χ0n) is 15.1. The van der Waals surface area contributed by atoms with Gasteiger partial charge in [-0.15, -0.1) is 0 Å². The molecule has 0 spiro atoms. The summed E-state index contributed by atoms with van der Waals surface area (Å²) in [6.07, 6.45) is 4.68. The number of aryl methyl sites for hydroxylation is 1. The van der Waals surface area contributed by atoms with Crippen molar-refractivity contribution in [1.29, 1.82) is 0 Å². The van der Waals surface area contributed by atoms with E-state index in [1.165, 1.54) is 6.07 Å². The summed E-state index contributed by atoms with van der Waals surface area (Å²) in [4.78, 5) is 17.0. The third-order valence-electron chi connectivity index (χ3n) is 5.34. The molecular formula is C20H21FN4O2. The van der Waals surface area contributed by atoms with Gasteiger partial charge >= 0.3 is 0 Å². The van der Waals surface area contributed by atoms with Crippen molar-refractivity contribution < 1.29 is 13.9 Å². The van der Waals surface area contributed by atoms with Crippen LogP contribution in [-0.2, 0) is 17.2 Å². The maximum Gasteiger partial charge on any atom is 0.252 e. The van der Waals surface area contributed by atoms with Gasteiger partial charge < -0.3 is 10.1 Å². The largest absolute Gasteiger partial charge is 0.381 e. The van der Waals surface area contributed by atoms with E-state index >= 15 is 0 Å². The first kappa shape index (κ1) is 17.6. The highest BCUT2D eigenvalue weighted by molar-refractivity contribution is 5.96. The van der Waals surface area contributed by atoms with Gasteiger partial charge in [-0.25, -0.2) is 4.39 Å². The average Bonchev–Trinajstić information content (AvgIpc) is 3.07. The summed E-state index contributed by atoms with van der Waals surface area (Å²) in [5.41, 5.74) is 2.59. The third kappa shape index (κ3) is 3.42. The normalized spacial score (nSPS) is 16.4. The first-order valence-corrected chi connectivity index (χ1v) is 8.97. The van der Waals surface area contributed by atoms with Gasteiger partial charge in [-0.05, 0) is 36.6 Å². The Kier molecular flexibility index (Phi) is 4.61. The molecule has 1 aliphatic heterocycles. The van der Waals surface area contributed by atoms with Crippen molar-refractivity contribution in [2.24, 2.45) is 7.05 Å². The van der Waals surface area contributed by atoms with Gasteiger partial charge in [0, 0.05) is 38.4 Å². The Morgan fingerprint density at radius 3 is 2.89 bits per heavy atom. The Hall–Kier alpha value is -2.80. The van der Waals surface area contributed by atoms with Crippen LogP contribution >= 0.6 is 0 Å². The number of carbonyl (C=O) groups excluding carboxylic acids is 1. The number of rotatable bonds is 4. The molecule has 2 aromatic heterocycles. The predicted octanol–water partition coefficient (Wildman–Crippen LogP) is 2.59. The lowest BCUT2D eigenvalue weighted by atomic mass is 9.74. The predicted molar refractivity (Wildman–Crippen MR) is 99.0 cm³/mol. The number of hydrogen-bond donors (Lipinski definition) is 1. The van der Waals surface area contributed by atoms with Crippen LogP contribution in [0.2, 0.25) is 0 Å². The number of pyridine rings is 1. The number of fused-ring (bicyclic) bond motifs is 1. The topological polar surface area (TPSA) is 69.0 Å². The van der Waals surface area contributed by atoms with Crippen LogP contribution < -0.4 is 5.32 Å². The van der Waals surface area contributed by atoms with E-state index < -0.39 is 0 Å². The highest BCUT2D eigenvalue weighted by atomic mass is 19.1. The second kappa shape index (κ2) is 7.08. The highest BCUT2D eigenvalue weighted by Gasteiger charge is 2.35. The SMILES string of the molecule is Cn1ncc2ncc(C(=O)NCC3(c4cccc(F)c4)CCOCC3)cc21. The van der Waals surface area contributed by atoms with Crippen LogP contribution in [0, 0.1) is 5.82 Å². The maximum absolute atomic E-state index is 13.8. The molecule has 1 amide bonds. The smallest absolute Gasteiger partial charge is 0.252 e. The van der Waals surface area contributed by atoms with Gasteiger partial charge in [0.05, 0.1) is 17.3 Å². The molecule has 1 saturated heterocycles. The summed E-state index contributed by atoms with van der Waals surface area (Å²) in [5, 5.41) is 7.16. The molecule has 3 aromatic rings. The number of ether oxygens (including phenoxy) is 1. The van der Waals surface area contributed by atoms with Crippen molar-refractivity contribution in [3.8, 4) is 0 Å². The Bertz CT molecular complexity index is 979. The first-order chi connectivity index (χ1) is 13.1. The van der Waals surface area contributed by atoms with Crippen LogP contribution in [0.1, 0.15) is 28.8 Å². The molecule has 0 radical (unpaired) electrons. The molecular weight excluding hydrogens is 347 g/mol. The van der Waals surface area contributed by atoms with E-state index in [-0.39, 0.29) is 17.1 Å². The minimum absolute atomic E-state index is 0.201. The maximum atomic E-state index is 13.8. The summed E-state index contributed by atoms with van der Waals surface area (Å²) >= 11 is 0. The van der Waals surface area contributed by atoms with E-state index in [4.69, 9.17) is 4.74 Å². The van der Waals surface area contributed by atoms with E-state index in [0.717, 1.165) is 29.4 Å². The monoisotopic (exact) mass is 368 g/mol. The van der Waals surface area contributed by atoms with Crippen LogP contribution in [-0.4, -0.2) is 40.4 Å². The molecule has 0 aliphatic carbocycles. The molecule has 1 aliphatic rings. The Morgan fingerprint density at radius 2 is 2.11 bits per heavy atom. The zero-order valence-corrected chi connectivity index (χ0v) is 15.1. The molecule has 1 fully saturated rings. The van der Waals surface area contributed by atoms with Crippen molar-refractivity contribution in [2.45, 2.75) is 18.3 Å². The van der Waals surface area contributed by atoms with Crippen LogP contribution in [0.3, 0.4) is 0 Å². The lowest BCUT2D eigenvalue weighted by Crippen LogP contribution is -2.44.